The van der Waals surface area contributed by atoms with Gasteiger partial charge < -0.3 is 9.51 Å². The van der Waals surface area contributed by atoms with Gasteiger partial charge in [-0.1, -0.05) is 6.07 Å². The van der Waals surface area contributed by atoms with Crippen LogP contribution in [0.2, 0.25) is 0 Å². The van der Waals surface area contributed by atoms with Crippen LogP contribution >= 0.6 is 0 Å². The summed E-state index contributed by atoms with van der Waals surface area (Å²) in [6.45, 7) is 0. The number of halogens is 4. The van der Waals surface area contributed by atoms with Gasteiger partial charge in [-0.15, -0.1) is 0 Å². The Morgan fingerprint density at radius 1 is 0.833 bits per heavy atom. The van der Waals surface area contributed by atoms with E-state index in [1.165, 1.54) is 12.3 Å². The molecule has 8 heteroatoms. The molecule has 0 aliphatic carbocycles. The normalized spacial score (nSPS) is 11.1. The Kier molecular flexibility index (Phi) is 4.62. The van der Waals surface area contributed by atoms with Crippen LogP contribution < -0.4 is 5.43 Å². The summed E-state index contributed by atoms with van der Waals surface area (Å²) >= 11 is 0. The molecule has 30 heavy (non-hydrogen) atoms. The number of fused-ring (bicyclic) bond motifs is 1. The first-order chi connectivity index (χ1) is 14.3. The molecule has 0 spiro atoms. The Hall–Kier alpha value is -3.94. The van der Waals surface area contributed by atoms with Crippen LogP contribution in [-0.2, 0) is 0 Å². The third-order valence-corrected chi connectivity index (χ3v) is 4.67. The van der Waals surface area contributed by atoms with Crippen LogP contribution in [0.3, 0.4) is 0 Å². The number of benzene rings is 2. The van der Waals surface area contributed by atoms with Gasteiger partial charge in [-0.25, -0.2) is 22.4 Å². The summed E-state index contributed by atoms with van der Waals surface area (Å²) in [7, 11) is 0. The number of carboxylic acid groups (broad SMARTS) is 1. The van der Waals surface area contributed by atoms with E-state index in [2.05, 4.69) is 0 Å². The van der Waals surface area contributed by atoms with Crippen molar-refractivity contribution in [2.75, 3.05) is 0 Å². The van der Waals surface area contributed by atoms with Gasteiger partial charge in [-0.05, 0) is 36.4 Å². The fourth-order valence-corrected chi connectivity index (χ4v) is 3.40. The van der Waals surface area contributed by atoms with E-state index in [0.717, 1.165) is 46.9 Å². The number of hydrogen-bond donors (Lipinski definition) is 1. The smallest absolute Gasteiger partial charge is 0.337 e. The summed E-state index contributed by atoms with van der Waals surface area (Å²) in [5, 5.41) is 9.57. The van der Waals surface area contributed by atoms with Crippen molar-refractivity contribution in [3.8, 4) is 22.4 Å². The summed E-state index contributed by atoms with van der Waals surface area (Å²) in [6, 6.07) is 8.97. The zero-order valence-electron chi connectivity index (χ0n) is 15.0. The van der Waals surface area contributed by atoms with Gasteiger partial charge in [-0.3, -0.25) is 4.79 Å². The van der Waals surface area contributed by atoms with Crippen LogP contribution in [-0.4, -0.2) is 15.5 Å². The summed E-state index contributed by atoms with van der Waals surface area (Å²) in [4.78, 5) is 24.3. The monoisotopic (exact) mass is 413 g/mol. The van der Waals surface area contributed by atoms with Crippen LogP contribution in [0.5, 0.6) is 0 Å². The second kappa shape index (κ2) is 7.14. The van der Waals surface area contributed by atoms with E-state index in [-0.39, 0.29) is 27.9 Å². The third-order valence-electron chi connectivity index (χ3n) is 4.67. The highest BCUT2D eigenvalue weighted by Gasteiger charge is 2.23. The SMILES string of the molecule is O=C(O)c1ccc2c(-c3c(F)cccc3F)c(=O)ccn2c1-c1ccc(F)cc1F. The predicted octanol–water partition coefficient (Wildman–Crippen LogP) is 4.89. The van der Waals surface area contributed by atoms with Gasteiger partial charge in [0.1, 0.15) is 23.3 Å². The lowest BCUT2D eigenvalue weighted by molar-refractivity contribution is 0.0697. The first kappa shape index (κ1) is 19.4. The van der Waals surface area contributed by atoms with Crippen molar-refractivity contribution in [3.63, 3.8) is 0 Å². The maximum absolute atomic E-state index is 14.5. The van der Waals surface area contributed by atoms with E-state index in [1.54, 1.807) is 0 Å². The van der Waals surface area contributed by atoms with Crippen LogP contribution in [0.15, 0.2) is 65.6 Å². The van der Waals surface area contributed by atoms with Gasteiger partial charge >= 0.3 is 5.97 Å². The Morgan fingerprint density at radius 2 is 1.53 bits per heavy atom. The molecule has 0 radical (unpaired) electrons. The molecule has 0 saturated heterocycles. The highest BCUT2D eigenvalue weighted by atomic mass is 19.1. The predicted molar refractivity (Wildman–Crippen MR) is 101 cm³/mol. The van der Waals surface area contributed by atoms with Crippen molar-refractivity contribution >= 4 is 11.5 Å². The van der Waals surface area contributed by atoms with Crippen LogP contribution in [0.4, 0.5) is 17.6 Å². The standard InChI is InChI=1S/C22H11F4NO3/c23-11-4-5-12(16(26)10-11)21-13(22(29)30)6-7-17-20(18(28)8-9-27(17)21)19-14(24)2-1-3-15(19)25/h1-10H,(H,29,30). The van der Waals surface area contributed by atoms with Gasteiger partial charge in [0.25, 0.3) is 0 Å². The third kappa shape index (κ3) is 3.02. The molecule has 0 bridgehead atoms. The maximum Gasteiger partial charge on any atom is 0.337 e. The summed E-state index contributed by atoms with van der Waals surface area (Å²) < 4.78 is 57.8. The summed E-state index contributed by atoms with van der Waals surface area (Å²) in [5.41, 5.74) is -2.53. The molecule has 4 rings (SSSR count). The minimum absolute atomic E-state index is 0.0461. The molecule has 0 atom stereocenters. The van der Waals surface area contributed by atoms with Gasteiger partial charge in [0.05, 0.1) is 27.9 Å². The van der Waals surface area contributed by atoms with Gasteiger partial charge in [-0.2, -0.15) is 0 Å². The Balaban J connectivity index is 2.19. The number of carbonyl (C=O) groups is 1. The van der Waals surface area contributed by atoms with Crippen molar-refractivity contribution in [1.82, 2.24) is 4.40 Å². The van der Waals surface area contributed by atoms with Crippen LogP contribution in [0, 0.1) is 23.3 Å². The lowest BCUT2D eigenvalue weighted by Gasteiger charge is -2.16. The molecular formula is C22H11F4NO3. The minimum Gasteiger partial charge on any atom is -0.478 e. The Labute approximate surface area is 166 Å². The zero-order chi connectivity index (χ0) is 21.6. The van der Waals surface area contributed by atoms with E-state index in [4.69, 9.17) is 0 Å². The lowest BCUT2D eigenvalue weighted by Crippen LogP contribution is -2.13. The molecular weight excluding hydrogens is 402 g/mol. The van der Waals surface area contributed by atoms with Crippen molar-refractivity contribution in [3.05, 3.63) is 99.8 Å². The molecule has 1 N–H and O–H groups in total. The maximum atomic E-state index is 14.5. The molecule has 4 nitrogen and oxygen atoms in total. The average Bonchev–Trinajstić information content (AvgIpc) is 2.68. The largest absolute Gasteiger partial charge is 0.478 e. The number of carboxylic acids is 1. The summed E-state index contributed by atoms with van der Waals surface area (Å²) in [6.07, 6.45) is 1.17. The molecule has 4 aromatic rings. The van der Waals surface area contributed by atoms with Gasteiger partial charge in [0, 0.05) is 23.9 Å². The molecule has 2 aromatic carbocycles. The fourth-order valence-electron chi connectivity index (χ4n) is 3.40. The lowest BCUT2D eigenvalue weighted by atomic mass is 9.99. The van der Waals surface area contributed by atoms with Crippen molar-refractivity contribution < 1.29 is 27.5 Å². The molecule has 2 aromatic heterocycles. The first-order valence-corrected chi connectivity index (χ1v) is 8.61. The second-order valence-electron chi connectivity index (χ2n) is 6.43. The highest BCUT2D eigenvalue weighted by molar-refractivity contribution is 5.97. The number of pyridine rings is 2. The molecule has 0 fully saturated rings. The Morgan fingerprint density at radius 3 is 2.17 bits per heavy atom. The van der Waals surface area contributed by atoms with Crippen molar-refractivity contribution in [1.29, 1.82) is 0 Å². The molecule has 0 aliphatic rings. The van der Waals surface area contributed by atoms with E-state index in [0.29, 0.717) is 6.07 Å². The molecule has 0 amide bonds. The van der Waals surface area contributed by atoms with Crippen molar-refractivity contribution in [2.24, 2.45) is 0 Å². The number of hydrogen-bond acceptors (Lipinski definition) is 2. The zero-order valence-corrected chi connectivity index (χ0v) is 15.0. The molecule has 0 unspecified atom stereocenters. The quantitative estimate of drug-likeness (QED) is 0.487. The molecule has 2 heterocycles. The molecule has 0 saturated carbocycles. The van der Waals surface area contributed by atoms with E-state index in [1.807, 2.05) is 0 Å². The number of aromatic nitrogens is 1. The van der Waals surface area contributed by atoms with Gasteiger partial charge in [0.2, 0.25) is 0 Å². The highest BCUT2D eigenvalue weighted by Crippen LogP contribution is 2.32. The average molecular weight is 413 g/mol. The fraction of sp³-hybridized carbons (Fsp3) is 0. The first-order valence-electron chi connectivity index (χ1n) is 8.61. The second-order valence-corrected chi connectivity index (χ2v) is 6.43. The van der Waals surface area contributed by atoms with E-state index < -0.39 is 40.2 Å². The van der Waals surface area contributed by atoms with E-state index in [9.17, 15) is 32.3 Å². The van der Waals surface area contributed by atoms with Crippen molar-refractivity contribution in [2.45, 2.75) is 0 Å². The topological polar surface area (TPSA) is 58.8 Å². The minimum atomic E-state index is -1.41. The van der Waals surface area contributed by atoms with E-state index >= 15 is 0 Å². The number of aromatic carboxylic acids is 1. The molecule has 150 valence electrons. The molecule has 0 aliphatic heterocycles. The van der Waals surface area contributed by atoms with Gasteiger partial charge in [0.15, 0.2) is 5.43 Å². The summed E-state index contributed by atoms with van der Waals surface area (Å²) in [5.74, 6) is -5.29. The van der Waals surface area contributed by atoms with Crippen LogP contribution in [0.1, 0.15) is 10.4 Å². The Bertz CT molecular complexity index is 1380. The van der Waals surface area contributed by atoms with Crippen LogP contribution in [0.25, 0.3) is 27.9 Å². The number of rotatable bonds is 3. The number of nitrogens with zero attached hydrogens (tertiary/aromatic N) is 1.